The first kappa shape index (κ1) is 17.6. The topological polar surface area (TPSA) is 66.2 Å². The minimum Gasteiger partial charge on any atom is -0.444 e. The summed E-state index contributed by atoms with van der Waals surface area (Å²) in [5.74, 6) is 0. The van der Waals surface area contributed by atoms with Gasteiger partial charge < -0.3 is 20.4 Å². The molecule has 1 aromatic rings. The highest BCUT2D eigenvalue weighted by atomic mass is 16.6. The quantitative estimate of drug-likeness (QED) is 0.724. The van der Waals surface area contributed by atoms with Crippen LogP contribution >= 0.6 is 0 Å². The lowest BCUT2D eigenvalue weighted by molar-refractivity contribution is 0.0446. The van der Waals surface area contributed by atoms with Crippen LogP contribution in [0.2, 0.25) is 0 Å². The highest BCUT2D eigenvalue weighted by molar-refractivity contribution is 5.68. The van der Waals surface area contributed by atoms with Gasteiger partial charge in [-0.15, -0.1) is 0 Å². The Bertz CT molecular complexity index is 417. The van der Waals surface area contributed by atoms with E-state index in [0.717, 1.165) is 25.1 Å². The van der Waals surface area contributed by atoms with Crippen LogP contribution in [0.4, 0.5) is 4.79 Å². The van der Waals surface area contributed by atoms with Crippen LogP contribution in [0.5, 0.6) is 0 Å². The highest BCUT2D eigenvalue weighted by Gasteiger charge is 2.30. The number of H-pyrrole nitrogens is 1. The SMILES string of the molecule is CCC(CC)(CNCc1ccc[nH]1)NC(=O)OC(C)(C)C. The van der Waals surface area contributed by atoms with Crippen molar-refractivity contribution >= 4 is 6.09 Å². The summed E-state index contributed by atoms with van der Waals surface area (Å²) in [6.07, 6.45) is 3.25. The fourth-order valence-corrected chi connectivity index (χ4v) is 2.16. The Labute approximate surface area is 127 Å². The van der Waals surface area contributed by atoms with Crippen LogP contribution in [0, 0.1) is 0 Å². The van der Waals surface area contributed by atoms with E-state index in [2.05, 4.69) is 29.5 Å². The zero-order valence-electron chi connectivity index (χ0n) is 13.9. The van der Waals surface area contributed by atoms with Gasteiger partial charge in [-0.3, -0.25) is 0 Å². The molecular formula is C16H29N3O2. The normalized spacial score (nSPS) is 12.2. The Morgan fingerprint density at radius 2 is 1.95 bits per heavy atom. The number of nitrogens with one attached hydrogen (secondary N) is 3. The third-order valence-electron chi connectivity index (χ3n) is 3.56. The molecule has 0 fully saturated rings. The predicted molar refractivity (Wildman–Crippen MR) is 85.2 cm³/mol. The summed E-state index contributed by atoms with van der Waals surface area (Å²) in [6, 6.07) is 4.01. The summed E-state index contributed by atoms with van der Waals surface area (Å²) in [5, 5.41) is 6.43. The molecule has 0 aromatic carbocycles. The van der Waals surface area contributed by atoms with Gasteiger partial charge in [-0.25, -0.2) is 4.79 Å². The molecule has 0 bridgehead atoms. The van der Waals surface area contributed by atoms with Gasteiger partial charge >= 0.3 is 6.09 Å². The summed E-state index contributed by atoms with van der Waals surface area (Å²) in [6.45, 7) is 11.2. The smallest absolute Gasteiger partial charge is 0.408 e. The number of carbonyl (C=O) groups is 1. The third kappa shape index (κ3) is 6.21. The Kier molecular flexibility index (Phi) is 6.27. The number of aromatic nitrogens is 1. The molecular weight excluding hydrogens is 266 g/mol. The number of rotatable bonds is 7. The Balaban J connectivity index is 2.54. The fourth-order valence-electron chi connectivity index (χ4n) is 2.16. The van der Waals surface area contributed by atoms with Gasteiger partial charge in [0.25, 0.3) is 0 Å². The van der Waals surface area contributed by atoms with Crippen LogP contribution in [0.25, 0.3) is 0 Å². The van der Waals surface area contributed by atoms with E-state index < -0.39 is 5.60 Å². The molecule has 1 amide bonds. The Hall–Kier alpha value is -1.49. The fraction of sp³-hybridized carbons (Fsp3) is 0.688. The summed E-state index contributed by atoms with van der Waals surface area (Å²) < 4.78 is 5.37. The molecule has 1 rings (SSSR count). The Morgan fingerprint density at radius 3 is 2.43 bits per heavy atom. The molecule has 5 heteroatoms. The lowest BCUT2D eigenvalue weighted by Crippen LogP contribution is -2.55. The van der Waals surface area contributed by atoms with Gasteiger partial charge in [-0.1, -0.05) is 13.8 Å². The standard InChI is InChI=1S/C16H29N3O2/c1-6-16(7-2,19-14(20)21-15(3,4)5)12-17-11-13-9-8-10-18-13/h8-10,17-18H,6-7,11-12H2,1-5H3,(H,19,20). The van der Waals surface area contributed by atoms with Crippen LogP contribution in [0.1, 0.15) is 53.2 Å². The van der Waals surface area contributed by atoms with Crippen molar-refractivity contribution in [2.24, 2.45) is 0 Å². The number of aromatic amines is 1. The minimum absolute atomic E-state index is 0.283. The van der Waals surface area contributed by atoms with E-state index in [-0.39, 0.29) is 11.6 Å². The number of ether oxygens (including phenoxy) is 1. The maximum Gasteiger partial charge on any atom is 0.408 e. The second-order valence-electron chi connectivity index (χ2n) is 6.41. The van der Waals surface area contributed by atoms with Crippen molar-refractivity contribution in [1.82, 2.24) is 15.6 Å². The van der Waals surface area contributed by atoms with Gasteiger partial charge in [-0.2, -0.15) is 0 Å². The van der Waals surface area contributed by atoms with Crippen LogP contribution in [-0.4, -0.2) is 28.8 Å². The van der Waals surface area contributed by atoms with E-state index in [1.807, 2.05) is 39.1 Å². The largest absolute Gasteiger partial charge is 0.444 e. The van der Waals surface area contributed by atoms with Gasteiger partial charge in [0.15, 0.2) is 0 Å². The average Bonchev–Trinajstić information content (AvgIpc) is 2.88. The van der Waals surface area contributed by atoms with Crippen molar-refractivity contribution < 1.29 is 9.53 Å². The maximum atomic E-state index is 12.0. The number of carbonyl (C=O) groups excluding carboxylic acids is 1. The first-order valence-corrected chi connectivity index (χ1v) is 7.64. The Morgan fingerprint density at radius 1 is 1.29 bits per heavy atom. The predicted octanol–water partition coefficient (Wildman–Crippen LogP) is 3.19. The van der Waals surface area contributed by atoms with Crippen molar-refractivity contribution in [2.45, 2.75) is 65.1 Å². The molecule has 1 aromatic heterocycles. The summed E-state index contributed by atoms with van der Waals surface area (Å²) >= 11 is 0. The van der Waals surface area contributed by atoms with E-state index in [1.165, 1.54) is 0 Å². The molecule has 0 aliphatic heterocycles. The number of amides is 1. The van der Waals surface area contributed by atoms with E-state index in [4.69, 9.17) is 4.74 Å². The zero-order valence-corrected chi connectivity index (χ0v) is 13.9. The van der Waals surface area contributed by atoms with Crippen LogP contribution in [0.15, 0.2) is 18.3 Å². The monoisotopic (exact) mass is 295 g/mol. The molecule has 0 saturated heterocycles. The molecule has 0 unspecified atom stereocenters. The van der Waals surface area contributed by atoms with Gasteiger partial charge in [0.05, 0.1) is 5.54 Å². The second kappa shape index (κ2) is 7.50. The molecule has 5 nitrogen and oxygen atoms in total. The lowest BCUT2D eigenvalue weighted by Gasteiger charge is -2.34. The molecule has 0 atom stereocenters. The van der Waals surface area contributed by atoms with Crippen molar-refractivity contribution in [2.75, 3.05) is 6.54 Å². The van der Waals surface area contributed by atoms with E-state index in [9.17, 15) is 4.79 Å². The number of hydrogen-bond acceptors (Lipinski definition) is 3. The van der Waals surface area contributed by atoms with E-state index in [1.54, 1.807) is 0 Å². The van der Waals surface area contributed by atoms with Crippen LogP contribution in [0.3, 0.4) is 0 Å². The molecule has 0 aliphatic rings. The number of hydrogen-bond donors (Lipinski definition) is 3. The van der Waals surface area contributed by atoms with Gasteiger partial charge in [-0.05, 0) is 45.7 Å². The molecule has 3 N–H and O–H groups in total. The molecule has 0 spiro atoms. The van der Waals surface area contributed by atoms with Crippen LogP contribution in [-0.2, 0) is 11.3 Å². The number of alkyl carbamates (subject to hydrolysis) is 1. The second-order valence-corrected chi connectivity index (χ2v) is 6.41. The minimum atomic E-state index is -0.477. The maximum absolute atomic E-state index is 12.0. The van der Waals surface area contributed by atoms with Crippen molar-refractivity contribution in [3.63, 3.8) is 0 Å². The van der Waals surface area contributed by atoms with Crippen molar-refractivity contribution in [3.05, 3.63) is 24.0 Å². The first-order valence-electron chi connectivity index (χ1n) is 7.64. The van der Waals surface area contributed by atoms with Crippen molar-refractivity contribution in [1.29, 1.82) is 0 Å². The lowest BCUT2D eigenvalue weighted by atomic mass is 9.93. The molecule has 1 heterocycles. The van der Waals surface area contributed by atoms with Gasteiger partial charge in [0, 0.05) is 25.0 Å². The summed E-state index contributed by atoms with van der Waals surface area (Å²) in [7, 11) is 0. The molecule has 21 heavy (non-hydrogen) atoms. The van der Waals surface area contributed by atoms with Crippen LogP contribution < -0.4 is 10.6 Å². The van der Waals surface area contributed by atoms with E-state index in [0.29, 0.717) is 6.54 Å². The molecule has 0 aliphatic carbocycles. The average molecular weight is 295 g/mol. The summed E-state index contributed by atoms with van der Waals surface area (Å²) in [5.41, 5.74) is 0.373. The van der Waals surface area contributed by atoms with Gasteiger partial charge in [0.2, 0.25) is 0 Å². The van der Waals surface area contributed by atoms with Crippen molar-refractivity contribution in [3.8, 4) is 0 Å². The highest BCUT2D eigenvalue weighted by Crippen LogP contribution is 2.16. The third-order valence-corrected chi connectivity index (χ3v) is 3.56. The van der Waals surface area contributed by atoms with E-state index >= 15 is 0 Å². The molecule has 0 radical (unpaired) electrons. The summed E-state index contributed by atoms with van der Waals surface area (Å²) in [4.78, 5) is 15.2. The van der Waals surface area contributed by atoms with Gasteiger partial charge in [0.1, 0.15) is 5.60 Å². The first-order chi connectivity index (χ1) is 9.80. The molecule has 120 valence electrons. The zero-order chi connectivity index (χ0) is 15.9. The molecule has 0 saturated carbocycles.